The third-order valence-electron chi connectivity index (χ3n) is 3.67. The number of hydrogen-bond donors (Lipinski definition) is 2. The first-order chi connectivity index (χ1) is 7.92. The molecule has 0 bridgehead atoms. The third-order valence-corrected chi connectivity index (χ3v) is 4.16. The summed E-state index contributed by atoms with van der Waals surface area (Å²) in [5.74, 6) is -1.67. The van der Waals surface area contributed by atoms with E-state index in [-0.39, 0.29) is 0 Å². The molecule has 2 atom stereocenters. The minimum Gasteiger partial charge on any atom is -0.481 e. The van der Waals surface area contributed by atoms with Gasteiger partial charge in [0.1, 0.15) is 0 Å². The van der Waals surface area contributed by atoms with E-state index in [4.69, 9.17) is 5.11 Å². The van der Waals surface area contributed by atoms with Crippen LogP contribution in [-0.4, -0.2) is 21.8 Å². The van der Waals surface area contributed by atoms with E-state index >= 15 is 0 Å². The molecule has 0 spiro atoms. The summed E-state index contributed by atoms with van der Waals surface area (Å²) < 4.78 is 1.02. The molecular formula is C13H15BrO3. The lowest BCUT2D eigenvalue weighted by atomic mass is 9.74. The number of hydrogen-bond acceptors (Lipinski definition) is 2. The second-order valence-corrected chi connectivity index (χ2v) is 5.67. The highest BCUT2D eigenvalue weighted by Gasteiger charge is 2.40. The van der Waals surface area contributed by atoms with Crippen molar-refractivity contribution < 1.29 is 15.0 Å². The predicted octanol–water partition coefficient (Wildman–Crippen LogP) is 2.39. The normalized spacial score (nSPS) is 25.1. The van der Waals surface area contributed by atoms with E-state index in [9.17, 15) is 9.90 Å². The number of aliphatic carboxylic acids is 1. The van der Waals surface area contributed by atoms with Crippen LogP contribution in [0.25, 0.3) is 0 Å². The summed E-state index contributed by atoms with van der Waals surface area (Å²) in [7, 11) is 0. The highest BCUT2D eigenvalue weighted by molar-refractivity contribution is 9.10. The zero-order valence-corrected chi connectivity index (χ0v) is 11.2. The van der Waals surface area contributed by atoms with Gasteiger partial charge in [-0.1, -0.05) is 22.0 Å². The SMILES string of the molecule is CC(C(=O)O)C1(O)CCc2cc(Br)ccc2C1. The largest absolute Gasteiger partial charge is 0.481 e. The molecule has 1 aromatic rings. The van der Waals surface area contributed by atoms with E-state index in [1.807, 2.05) is 18.2 Å². The first-order valence-corrected chi connectivity index (χ1v) is 6.44. The van der Waals surface area contributed by atoms with Crippen LogP contribution in [0.1, 0.15) is 24.5 Å². The van der Waals surface area contributed by atoms with Crippen molar-refractivity contribution in [3.63, 3.8) is 0 Å². The minimum absolute atomic E-state index is 0.420. The number of aliphatic hydroxyl groups is 1. The van der Waals surface area contributed by atoms with Crippen molar-refractivity contribution in [2.45, 2.75) is 31.8 Å². The number of carbonyl (C=O) groups is 1. The number of benzene rings is 1. The molecule has 92 valence electrons. The Balaban J connectivity index is 2.29. The summed E-state index contributed by atoms with van der Waals surface area (Å²) in [5.41, 5.74) is 1.13. The topological polar surface area (TPSA) is 57.5 Å². The standard InChI is InChI=1S/C13H15BrO3/c1-8(12(15)16)13(17)5-4-9-6-11(14)3-2-10(9)7-13/h2-3,6,8,17H,4-5,7H2,1H3,(H,15,16). The van der Waals surface area contributed by atoms with Crippen LogP contribution in [0.2, 0.25) is 0 Å². The van der Waals surface area contributed by atoms with Crippen molar-refractivity contribution in [1.82, 2.24) is 0 Å². The van der Waals surface area contributed by atoms with Gasteiger partial charge in [0, 0.05) is 10.9 Å². The fourth-order valence-corrected chi connectivity index (χ4v) is 2.78. The average molecular weight is 299 g/mol. The van der Waals surface area contributed by atoms with Gasteiger partial charge in [0.2, 0.25) is 0 Å². The van der Waals surface area contributed by atoms with E-state index in [0.717, 1.165) is 16.5 Å². The van der Waals surface area contributed by atoms with Gasteiger partial charge in [0.25, 0.3) is 0 Å². The zero-order chi connectivity index (χ0) is 12.6. The lowest BCUT2D eigenvalue weighted by Crippen LogP contribution is -2.45. The Morgan fingerprint density at radius 3 is 2.82 bits per heavy atom. The summed E-state index contributed by atoms with van der Waals surface area (Å²) >= 11 is 3.41. The third kappa shape index (κ3) is 2.38. The quantitative estimate of drug-likeness (QED) is 0.881. The highest BCUT2D eigenvalue weighted by Crippen LogP contribution is 2.35. The number of aryl methyl sites for hydroxylation is 1. The Hall–Kier alpha value is -0.870. The number of rotatable bonds is 2. The molecule has 2 rings (SSSR count). The van der Waals surface area contributed by atoms with Crippen molar-refractivity contribution in [3.05, 3.63) is 33.8 Å². The molecule has 1 aliphatic carbocycles. The van der Waals surface area contributed by atoms with Gasteiger partial charge in [0.15, 0.2) is 0 Å². The Morgan fingerprint density at radius 2 is 2.18 bits per heavy atom. The molecule has 1 aromatic carbocycles. The summed E-state index contributed by atoms with van der Waals surface area (Å²) in [4.78, 5) is 11.0. The smallest absolute Gasteiger partial charge is 0.309 e. The van der Waals surface area contributed by atoms with Gasteiger partial charge < -0.3 is 10.2 Å². The van der Waals surface area contributed by atoms with Crippen molar-refractivity contribution in [3.8, 4) is 0 Å². The molecule has 3 nitrogen and oxygen atoms in total. The maximum absolute atomic E-state index is 11.0. The molecular weight excluding hydrogens is 284 g/mol. The summed E-state index contributed by atoms with van der Waals surface area (Å²) in [5, 5.41) is 19.5. The van der Waals surface area contributed by atoms with E-state index in [2.05, 4.69) is 15.9 Å². The molecule has 0 fully saturated rings. The van der Waals surface area contributed by atoms with Gasteiger partial charge in [-0.15, -0.1) is 0 Å². The number of carboxylic acids is 1. The first-order valence-electron chi connectivity index (χ1n) is 5.65. The van der Waals surface area contributed by atoms with Gasteiger partial charge in [0.05, 0.1) is 11.5 Å². The van der Waals surface area contributed by atoms with Crippen LogP contribution >= 0.6 is 15.9 Å². The van der Waals surface area contributed by atoms with E-state index in [1.54, 1.807) is 6.92 Å². The first kappa shape index (κ1) is 12.6. The number of halogens is 1. The molecule has 4 heteroatoms. The van der Waals surface area contributed by atoms with Crippen LogP contribution in [0, 0.1) is 5.92 Å². The number of carboxylic acid groups (broad SMARTS) is 1. The van der Waals surface area contributed by atoms with Crippen molar-refractivity contribution in [2.24, 2.45) is 5.92 Å². The second-order valence-electron chi connectivity index (χ2n) is 4.75. The molecule has 0 saturated carbocycles. The van der Waals surface area contributed by atoms with Crippen molar-refractivity contribution in [2.75, 3.05) is 0 Å². The highest BCUT2D eigenvalue weighted by atomic mass is 79.9. The van der Waals surface area contributed by atoms with Gasteiger partial charge in [-0.05, 0) is 43.0 Å². The number of fused-ring (bicyclic) bond motifs is 1. The average Bonchev–Trinajstić information content (AvgIpc) is 2.28. The van der Waals surface area contributed by atoms with Gasteiger partial charge in [-0.3, -0.25) is 4.79 Å². The lowest BCUT2D eigenvalue weighted by molar-refractivity contribution is -0.151. The molecule has 17 heavy (non-hydrogen) atoms. The maximum Gasteiger partial charge on any atom is 0.309 e. The predicted molar refractivity (Wildman–Crippen MR) is 67.9 cm³/mol. The molecule has 1 aliphatic rings. The molecule has 2 N–H and O–H groups in total. The molecule has 0 radical (unpaired) electrons. The fraction of sp³-hybridized carbons (Fsp3) is 0.462. The summed E-state index contributed by atoms with van der Waals surface area (Å²) in [6.07, 6.45) is 1.65. The van der Waals surface area contributed by atoms with Gasteiger partial charge >= 0.3 is 5.97 Å². The Kier molecular flexibility index (Phi) is 3.27. The minimum atomic E-state index is -1.12. The van der Waals surface area contributed by atoms with Crippen LogP contribution in [0.15, 0.2) is 22.7 Å². The fourth-order valence-electron chi connectivity index (χ4n) is 2.37. The van der Waals surface area contributed by atoms with Crippen LogP contribution < -0.4 is 0 Å². The van der Waals surface area contributed by atoms with Gasteiger partial charge in [-0.25, -0.2) is 0 Å². The Bertz CT molecular complexity index is 458. The van der Waals surface area contributed by atoms with E-state index < -0.39 is 17.5 Å². The Labute approximate surface area is 109 Å². The molecule has 0 aliphatic heterocycles. The molecule has 0 heterocycles. The van der Waals surface area contributed by atoms with Crippen molar-refractivity contribution >= 4 is 21.9 Å². The van der Waals surface area contributed by atoms with Crippen LogP contribution in [-0.2, 0) is 17.6 Å². The van der Waals surface area contributed by atoms with Gasteiger partial charge in [-0.2, -0.15) is 0 Å². The summed E-state index contributed by atoms with van der Waals surface area (Å²) in [6, 6.07) is 5.93. The van der Waals surface area contributed by atoms with E-state index in [1.165, 1.54) is 5.56 Å². The molecule has 0 saturated heterocycles. The summed E-state index contributed by atoms with van der Waals surface area (Å²) in [6.45, 7) is 1.58. The van der Waals surface area contributed by atoms with Crippen LogP contribution in [0.3, 0.4) is 0 Å². The second kappa shape index (κ2) is 4.42. The van der Waals surface area contributed by atoms with Crippen LogP contribution in [0.4, 0.5) is 0 Å². The molecule has 0 aromatic heterocycles. The van der Waals surface area contributed by atoms with Crippen molar-refractivity contribution in [1.29, 1.82) is 0 Å². The molecule has 0 amide bonds. The lowest BCUT2D eigenvalue weighted by Gasteiger charge is -2.36. The van der Waals surface area contributed by atoms with E-state index in [0.29, 0.717) is 12.8 Å². The zero-order valence-electron chi connectivity index (χ0n) is 9.61. The van der Waals surface area contributed by atoms with Crippen LogP contribution in [0.5, 0.6) is 0 Å². The molecule has 2 unspecified atom stereocenters. The maximum atomic E-state index is 11.0. The monoisotopic (exact) mass is 298 g/mol. The Morgan fingerprint density at radius 1 is 1.47 bits per heavy atom.